The van der Waals surface area contributed by atoms with Crippen LogP contribution in [0.2, 0.25) is 10.0 Å². The van der Waals surface area contributed by atoms with Crippen LogP contribution in [-0.4, -0.2) is 16.1 Å². The van der Waals surface area contributed by atoms with Gasteiger partial charge in [0.25, 0.3) is 5.69 Å². The Labute approximate surface area is 152 Å². The van der Waals surface area contributed by atoms with Gasteiger partial charge in [-0.25, -0.2) is 4.98 Å². The molecule has 25 heavy (non-hydrogen) atoms. The maximum atomic E-state index is 10.7. The summed E-state index contributed by atoms with van der Waals surface area (Å²) >= 11 is 11.7. The molecule has 0 spiro atoms. The van der Waals surface area contributed by atoms with Crippen molar-refractivity contribution in [3.63, 3.8) is 0 Å². The van der Waals surface area contributed by atoms with Crippen molar-refractivity contribution in [3.8, 4) is 11.3 Å². The zero-order chi connectivity index (χ0) is 17.8. The minimum absolute atomic E-state index is 0.0219. The van der Waals surface area contributed by atoms with Crippen molar-refractivity contribution in [2.45, 2.75) is 0 Å². The summed E-state index contributed by atoms with van der Waals surface area (Å²) in [6.07, 6.45) is 2.91. The molecule has 126 valence electrons. The van der Waals surface area contributed by atoms with E-state index in [9.17, 15) is 10.1 Å². The second kappa shape index (κ2) is 7.33. The molecular weight excluding hydrogens is 367 g/mol. The van der Waals surface area contributed by atoms with Gasteiger partial charge in [-0.2, -0.15) is 5.10 Å². The van der Waals surface area contributed by atoms with Crippen LogP contribution in [0.3, 0.4) is 0 Å². The molecule has 3 rings (SSSR count). The summed E-state index contributed by atoms with van der Waals surface area (Å²) in [6.45, 7) is 0. The van der Waals surface area contributed by atoms with Crippen LogP contribution >= 0.6 is 23.2 Å². The lowest BCUT2D eigenvalue weighted by molar-refractivity contribution is -0.384. The molecule has 0 bridgehead atoms. The lowest BCUT2D eigenvalue weighted by Gasteiger charge is -2.01. The highest BCUT2D eigenvalue weighted by atomic mass is 35.5. The highest BCUT2D eigenvalue weighted by Gasteiger charge is 2.08. The number of nitrogens with zero attached hydrogens (tertiary/aromatic N) is 3. The first-order valence-corrected chi connectivity index (χ1v) is 7.73. The number of pyridine rings is 1. The van der Waals surface area contributed by atoms with E-state index in [0.29, 0.717) is 27.4 Å². The Morgan fingerprint density at radius 2 is 1.96 bits per heavy atom. The normalized spacial score (nSPS) is 11.0. The van der Waals surface area contributed by atoms with E-state index >= 15 is 0 Å². The number of nitro benzene ring substituents is 1. The molecule has 0 saturated heterocycles. The van der Waals surface area contributed by atoms with Gasteiger partial charge in [-0.15, -0.1) is 0 Å². The number of non-ortho nitro benzene ring substituents is 1. The van der Waals surface area contributed by atoms with Crippen molar-refractivity contribution in [1.29, 1.82) is 0 Å². The van der Waals surface area contributed by atoms with E-state index < -0.39 is 4.92 Å². The summed E-state index contributed by atoms with van der Waals surface area (Å²) in [5.74, 6) is 1.43. The van der Waals surface area contributed by atoms with Gasteiger partial charge in [0.2, 0.25) is 0 Å². The number of halogens is 2. The molecule has 0 aliphatic heterocycles. The molecule has 3 aromatic rings. The van der Waals surface area contributed by atoms with Crippen LogP contribution in [0.4, 0.5) is 11.5 Å². The molecule has 0 fully saturated rings. The van der Waals surface area contributed by atoms with Crippen molar-refractivity contribution in [1.82, 2.24) is 4.98 Å². The Hall–Kier alpha value is -2.90. The number of furan rings is 1. The van der Waals surface area contributed by atoms with Gasteiger partial charge in [-0.05, 0) is 30.3 Å². The van der Waals surface area contributed by atoms with Crippen LogP contribution < -0.4 is 5.43 Å². The molecule has 0 saturated carbocycles. The highest BCUT2D eigenvalue weighted by Crippen LogP contribution is 2.24. The quantitative estimate of drug-likeness (QED) is 0.384. The van der Waals surface area contributed by atoms with Crippen LogP contribution in [-0.2, 0) is 0 Å². The highest BCUT2D eigenvalue weighted by molar-refractivity contribution is 6.35. The lowest BCUT2D eigenvalue weighted by Crippen LogP contribution is -1.93. The fourth-order valence-electron chi connectivity index (χ4n) is 1.98. The minimum atomic E-state index is -0.453. The molecule has 0 amide bonds. The van der Waals surface area contributed by atoms with Crippen LogP contribution in [0.25, 0.3) is 11.3 Å². The van der Waals surface area contributed by atoms with Gasteiger partial charge in [-0.3, -0.25) is 15.5 Å². The Morgan fingerprint density at radius 3 is 2.64 bits per heavy atom. The Kier molecular flexibility index (Phi) is 4.97. The summed E-state index contributed by atoms with van der Waals surface area (Å²) in [5, 5.41) is 15.4. The van der Waals surface area contributed by atoms with E-state index in [1.807, 2.05) is 0 Å². The number of nitrogens with one attached hydrogen (secondary N) is 1. The Balaban J connectivity index is 1.69. The van der Waals surface area contributed by atoms with Gasteiger partial charge >= 0.3 is 0 Å². The third kappa shape index (κ3) is 4.14. The monoisotopic (exact) mass is 376 g/mol. The number of hydrazone groups is 1. The number of benzene rings is 1. The summed E-state index contributed by atoms with van der Waals surface area (Å²) in [7, 11) is 0. The summed E-state index contributed by atoms with van der Waals surface area (Å²) < 4.78 is 5.62. The van der Waals surface area contributed by atoms with Gasteiger partial charge in [-0.1, -0.05) is 23.2 Å². The molecule has 9 heteroatoms. The number of anilines is 1. The zero-order valence-electron chi connectivity index (χ0n) is 12.5. The zero-order valence-corrected chi connectivity index (χ0v) is 14.0. The Bertz CT molecular complexity index is 939. The van der Waals surface area contributed by atoms with E-state index in [4.69, 9.17) is 27.6 Å². The van der Waals surface area contributed by atoms with Crippen molar-refractivity contribution >= 4 is 40.9 Å². The fourth-order valence-corrected chi connectivity index (χ4v) is 2.40. The molecule has 0 aliphatic rings. The number of hydrogen-bond acceptors (Lipinski definition) is 6. The fraction of sp³-hybridized carbons (Fsp3) is 0. The van der Waals surface area contributed by atoms with E-state index in [1.54, 1.807) is 30.3 Å². The topological polar surface area (TPSA) is 93.6 Å². The van der Waals surface area contributed by atoms with Crippen molar-refractivity contribution in [2.75, 3.05) is 5.43 Å². The number of hydrogen-bond donors (Lipinski definition) is 1. The number of aromatic nitrogens is 1. The standard InChI is InChI=1S/C16H10Cl2N4O3/c17-11-7-14(18)16(19-8-11)21-20-9-13-5-6-15(25-13)10-1-3-12(4-2-10)22(23)24/h1-9H,(H,19,21). The van der Waals surface area contributed by atoms with E-state index in [0.717, 1.165) is 5.56 Å². The molecule has 2 heterocycles. The first-order chi connectivity index (χ1) is 12.0. The van der Waals surface area contributed by atoms with Crippen LogP contribution in [0.15, 0.2) is 58.2 Å². The van der Waals surface area contributed by atoms with E-state index in [2.05, 4.69) is 15.5 Å². The number of nitro groups is 1. The van der Waals surface area contributed by atoms with Gasteiger partial charge < -0.3 is 4.42 Å². The predicted octanol–water partition coefficient (Wildman–Crippen LogP) is 5.00. The Morgan fingerprint density at radius 1 is 1.20 bits per heavy atom. The smallest absolute Gasteiger partial charge is 0.269 e. The van der Waals surface area contributed by atoms with Crippen LogP contribution in [0, 0.1) is 10.1 Å². The SMILES string of the molecule is O=[N+]([O-])c1ccc(-c2ccc(C=NNc3ncc(Cl)cc3Cl)o2)cc1. The molecule has 0 radical (unpaired) electrons. The minimum Gasteiger partial charge on any atom is -0.455 e. The molecule has 2 aromatic heterocycles. The molecular formula is C16H10Cl2N4O3. The summed E-state index contributed by atoms with van der Waals surface area (Å²) in [4.78, 5) is 14.2. The summed E-state index contributed by atoms with van der Waals surface area (Å²) in [6, 6.07) is 11.1. The molecule has 7 nitrogen and oxygen atoms in total. The average Bonchev–Trinajstić information content (AvgIpc) is 3.06. The van der Waals surface area contributed by atoms with Gasteiger partial charge in [0.05, 0.1) is 21.2 Å². The molecule has 1 N–H and O–H groups in total. The van der Waals surface area contributed by atoms with Crippen LogP contribution in [0.1, 0.15) is 5.76 Å². The first kappa shape index (κ1) is 16.9. The molecule has 0 aliphatic carbocycles. The predicted molar refractivity (Wildman–Crippen MR) is 96.3 cm³/mol. The van der Waals surface area contributed by atoms with Crippen molar-refractivity contribution in [3.05, 3.63) is 74.6 Å². The van der Waals surface area contributed by atoms with Crippen LogP contribution in [0.5, 0.6) is 0 Å². The van der Waals surface area contributed by atoms with Crippen molar-refractivity contribution in [2.24, 2.45) is 5.10 Å². The maximum Gasteiger partial charge on any atom is 0.269 e. The van der Waals surface area contributed by atoms with Gasteiger partial charge in [0.15, 0.2) is 5.82 Å². The van der Waals surface area contributed by atoms with Gasteiger partial charge in [0, 0.05) is 23.9 Å². The largest absolute Gasteiger partial charge is 0.455 e. The molecule has 0 unspecified atom stereocenters. The summed E-state index contributed by atoms with van der Waals surface area (Å²) in [5.41, 5.74) is 3.44. The molecule has 1 aromatic carbocycles. The maximum absolute atomic E-state index is 10.7. The second-order valence-electron chi connectivity index (χ2n) is 4.86. The van der Waals surface area contributed by atoms with Gasteiger partial charge in [0.1, 0.15) is 11.5 Å². The second-order valence-corrected chi connectivity index (χ2v) is 5.70. The number of rotatable bonds is 5. The first-order valence-electron chi connectivity index (χ1n) is 6.98. The lowest BCUT2D eigenvalue weighted by atomic mass is 10.1. The third-order valence-corrected chi connectivity index (χ3v) is 3.65. The van der Waals surface area contributed by atoms with E-state index in [-0.39, 0.29) is 5.69 Å². The molecule has 0 atom stereocenters. The average molecular weight is 377 g/mol. The third-order valence-electron chi connectivity index (χ3n) is 3.16. The van der Waals surface area contributed by atoms with E-state index in [1.165, 1.54) is 24.5 Å². The van der Waals surface area contributed by atoms with Crippen molar-refractivity contribution < 1.29 is 9.34 Å².